The van der Waals surface area contributed by atoms with Crippen molar-refractivity contribution in [2.24, 2.45) is 0 Å². The first kappa shape index (κ1) is 8.00. The molecule has 1 unspecified atom stereocenters. The maximum Gasteiger partial charge on any atom is 0.0781 e. The molecule has 2 heterocycles. The highest BCUT2D eigenvalue weighted by atomic mass is 16.5. The molecular formula is C11H12N2O. The molecule has 1 aliphatic heterocycles. The lowest BCUT2D eigenvalue weighted by molar-refractivity contribution is 0.185. The Bertz CT molecular complexity index is 443. The Morgan fingerprint density at radius 1 is 1.36 bits per heavy atom. The van der Waals surface area contributed by atoms with Gasteiger partial charge in [0.15, 0.2) is 0 Å². The smallest absolute Gasteiger partial charge is 0.0781 e. The standard InChI is InChI=1S/C11H12N2O/c1-2-4-11-9(3-1)7-12-13(11)10-5-6-14-8-10/h1-4,7,10H,5-6,8H2. The Hall–Kier alpha value is -1.35. The molecule has 0 amide bonds. The van der Waals surface area contributed by atoms with Crippen LogP contribution in [-0.4, -0.2) is 23.0 Å². The van der Waals surface area contributed by atoms with Gasteiger partial charge in [-0.1, -0.05) is 18.2 Å². The SMILES string of the molecule is c1ccc2c(c1)cnn2C1CCOC1. The van der Waals surface area contributed by atoms with Crippen molar-refractivity contribution in [3.8, 4) is 0 Å². The molecule has 3 rings (SSSR count). The van der Waals surface area contributed by atoms with E-state index in [0.29, 0.717) is 6.04 Å². The summed E-state index contributed by atoms with van der Waals surface area (Å²) in [6, 6.07) is 8.72. The summed E-state index contributed by atoms with van der Waals surface area (Å²) >= 11 is 0. The second-order valence-corrected chi connectivity index (χ2v) is 3.67. The van der Waals surface area contributed by atoms with Crippen LogP contribution in [0.5, 0.6) is 0 Å². The zero-order chi connectivity index (χ0) is 9.38. The van der Waals surface area contributed by atoms with Crippen LogP contribution in [0, 0.1) is 0 Å². The molecule has 0 aliphatic carbocycles. The summed E-state index contributed by atoms with van der Waals surface area (Å²) in [5.74, 6) is 0. The van der Waals surface area contributed by atoms with Crippen LogP contribution in [0.3, 0.4) is 0 Å². The maximum atomic E-state index is 5.37. The minimum atomic E-state index is 0.426. The minimum Gasteiger partial charge on any atom is -0.379 e. The molecule has 1 fully saturated rings. The summed E-state index contributed by atoms with van der Waals surface area (Å²) in [6.07, 6.45) is 3.00. The van der Waals surface area contributed by atoms with Crippen molar-refractivity contribution in [2.45, 2.75) is 12.5 Å². The molecule has 1 atom stereocenters. The number of benzene rings is 1. The second-order valence-electron chi connectivity index (χ2n) is 3.67. The Morgan fingerprint density at radius 3 is 3.14 bits per heavy atom. The van der Waals surface area contributed by atoms with E-state index < -0.39 is 0 Å². The Morgan fingerprint density at radius 2 is 2.29 bits per heavy atom. The van der Waals surface area contributed by atoms with Crippen molar-refractivity contribution in [3.63, 3.8) is 0 Å². The topological polar surface area (TPSA) is 27.1 Å². The first-order valence-electron chi connectivity index (χ1n) is 4.95. The molecule has 2 aromatic rings. The first-order valence-corrected chi connectivity index (χ1v) is 4.95. The molecule has 0 N–H and O–H groups in total. The zero-order valence-corrected chi connectivity index (χ0v) is 7.89. The van der Waals surface area contributed by atoms with Gasteiger partial charge >= 0.3 is 0 Å². The van der Waals surface area contributed by atoms with Gasteiger partial charge in [0, 0.05) is 12.0 Å². The number of para-hydroxylation sites is 1. The molecule has 0 bridgehead atoms. The fraction of sp³-hybridized carbons (Fsp3) is 0.364. The third-order valence-corrected chi connectivity index (χ3v) is 2.76. The lowest BCUT2D eigenvalue weighted by Gasteiger charge is -2.09. The predicted octanol–water partition coefficient (Wildman–Crippen LogP) is 2.00. The Labute approximate surface area is 82.3 Å². The van der Waals surface area contributed by atoms with Gasteiger partial charge in [-0.2, -0.15) is 5.10 Å². The van der Waals surface area contributed by atoms with Gasteiger partial charge in [0.2, 0.25) is 0 Å². The summed E-state index contributed by atoms with van der Waals surface area (Å²) in [5, 5.41) is 5.62. The van der Waals surface area contributed by atoms with Gasteiger partial charge in [-0.15, -0.1) is 0 Å². The zero-order valence-electron chi connectivity index (χ0n) is 7.89. The van der Waals surface area contributed by atoms with E-state index in [4.69, 9.17) is 4.74 Å². The molecule has 72 valence electrons. The van der Waals surface area contributed by atoms with Crippen LogP contribution in [0.25, 0.3) is 10.9 Å². The second kappa shape index (κ2) is 3.10. The number of aromatic nitrogens is 2. The number of hydrogen-bond acceptors (Lipinski definition) is 2. The molecule has 1 aromatic carbocycles. The van der Waals surface area contributed by atoms with Crippen LogP contribution in [-0.2, 0) is 4.74 Å². The molecule has 14 heavy (non-hydrogen) atoms. The number of rotatable bonds is 1. The molecule has 0 radical (unpaired) electrons. The minimum absolute atomic E-state index is 0.426. The lowest BCUT2D eigenvalue weighted by atomic mass is 10.2. The van der Waals surface area contributed by atoms with Crippen molar-refractivity contribution < 1.29 is 4.74 Å². The highest BCUT2D eigenvalue weighted by molar-refractivity contribution is 5.78. The average molecular weight is 188 g/mol. The van der Waals surface area contributed by atoms with Crippen LogP contribution < -0.4 is 0 Å². The lowest BCUT2D eigenvalue weighted by Crippen LogP contribution is -2.09. The van der Waals surface area contributed by atoms with E-state index in [9.17, 15) is 0 Å². The van der Waals surface area contributed by atoms with Gasteiger partial charge in [0.1, 0.15) is 0 Å². The summed E-state index contributed by atoms with van der Waals surface area (Å²) in [7, 11) is 0. The molecule has 1 aliphatic rings. The van der Waals surface area contributed by atoms with Crippen molar-refractivity contribution in [2.75, 3.05) is 13.2 Å². The van der Waals surface area contributed by atoms with E-state index in [-0.39, 0.29) is 0 Å². The summed E-state index contributed by atoms with van der Waals surface area (Å²) in [5.41, 5.74) is 1.21. The number of hydrogen-bond donors (Lipinski definition) is 0. The number of nitrogens with zero attached hydrogens (tertiary/aromatic N) is 2. The molecule has 0 saturated carbocycles. The third-order valence-electron chi connectivity index (χ3n) is 2.76. The molecule has 3 heteroatoms. The Balaban J connectivity index is 2.11. The quantitative estimate of drug-likeness (QED) is 0.684. The van der Waals surface area contributed by atoms with E-state index in [1.165, 1.54) is 10.9 Å². The van der Waals surface area contributed by atoms with Crippen molar-refractivity contribution in [1.29, 1.82) is 0 Å². The number of ether oxygens (including phenoxy) is 1. The van der Waals surface area contributed by atoms with Crippen molar-refractivity contribution in [1.82, 2.24) is 9.78 Å². The Kier molecular flexibility index (Phi) is 1.77. The van der Waals surface area contributed by atoms with Crippen LogP contribution in [0.15, 0.2) is 30.5 Å². The van der Waals surface area contributed by atoms with Gasteiger partial charge in [-0.05, 0) is 12.5 Å². The molecule has 1 aromatic heterocycles. The van der Waals surface area contributed by atoms with Gasteiger partial charge < -0.3 is 4.74 Å². The monoisotopic (exact) mass is 188 g/mol. The van der Waals surface area contributed by atoms with Crippen molar-refractivity contribution in [3.05, 3.63) is 30.5 Å². The van der Waals surface area contributed by atoms with E-state index in [1.807, 2.05) is 12.3 Å². The van der Waals surface area contributed by atoms with Crippen LogP contribution >= 0.6 is 0 Å². The van der Waals surface area contributed by atoms with Gasteiger partial charge in [-0.3, -0.25) is 4.68 Å². The molecule has 1 saturated heterocycles. The van der Waals surface area contributed by atoms with E-state index in [0.717, 1.165) is 19.6 Å². The van der Waals surface area contributed by atoms with Crippen LogP contribution in [0.4, 0.5) is 0 Å². The summed E-state index contributed by atoms with van der Waals surface area (Å²) < 4.78 is 7.45. The molecule has 0 spiro atoms. The van der Waals surface area contributed by atoms with E-state index in [2.05, 4.69) is 28.0 Å². The summed E-state index contributed by atoms with van der Waals surface area (Å²) in [6.45, 7) is 1.66. The fourth-order valence-corrected chi connectivity index (χ4v) is 2.00. The predicted molar refractivity (Wildman–Crippen MR) is 54.2 cm³/mol. The van der Waals surface area contributed by atoms with Crippen LogP contribution in [0.1, 0.15) is 12.5 Å². The van der Waals surface area contributed by atoms with E-state index >= 15 is 0 Å². The highest BCUT2D eigenvalue weighted by Crippen LogP contribution is 2.23. The number of fused-ring (bicyclic) bond motifs is 1. The average Bonchev–Trinajstić information content (AvgIpc) is 2.85. The largest absolute Gasteiger partial charge is 0.379 e. The normalized spacial score (nSPS) is 21.9. The van der Waals surface area contributed by atoms with Crippen molar-refractivity contribution >= 4 is 10.9 Å². The van der Waals surface area contributed by atoms with Gasteiger partial charge in [-0.25, -0.2) is 0 Å². The fourth-order valence-electron chi connectivity index (χ4n) is 2.00. The highest BCUT2D eigenvalue weighted by Gasteiger charge is 2.19. The van der Waals surface area contributed by atoms with Gasteiger partial charge in [0.05, 0.1) is 24.4 Å². The van der Waals surface area contributed by atoms with Crippen LogP contribution in [0.2, 0.25) is 0 Å². The van der Waals surface area contributed by atoms with E-state index in [1.54, 1.807) is 0 Å². The van der Waals surface area contributed by atoms with Gasteiger partial charge in [0.25, 0.3) is 0 Å². The molecule has 3 nitrogen and oxygen atoms in total. The maximum absolute atomic E-state index is 5.37. The summed E-state index contributed by atoms with van der Waals surface area (Å²) in [4.78, 5) is 0. The first-order chi connectivity index (χ1) is 6.95. The third kappa shape index (κ3) is 1.13. The molecular weight excluding hydrogens is 176 g/mol.